The third kappa shape index (κ3) is 5.87. The lowest BCUT2D eigenvalue weighted by atomic mass is 10.1. The van der Waals surface area contributed by atoms with Crippen molar-refractivity contribution in [2.75, 3.05) is 0 Å². The van der Waals surface area contributed by atoms with Gasteiger partial charge >= 0.3 is 0 Å². The molecule has 0 heterocycles. The largest absolute Gasteiger partial charge is 0.489 e. The zero-order valence-electron chi connectivity index (χ0n) is 14.3. The van der Waals surface area contributed by atoms with Crippen LogP contribution in [0.4, 0.5) is 0 Å². The summed E-state index contributed by atoms with van der Waals surface area (Å²) in [4.78, 5) is 11.6. The zero-order chi connectivity index (χ0) is 16.8. The standard InChI is InChI=1S/C19H24N2O2.ClH/c1-13-5-4-6-16(11-13)12-23-18-9-7-17(8-10-18)15(3)21-19(22)14(2)20;/h4-11,14-15H,12,20H2,1-3H3,(H,21,22);1H/t14-,15?;/m1./s1. The summed E-state index contributed by atoms with van der Waals surface area (Å²) in [5.74, 6) is 0.651. The highest BCUT2D eigenvalue weighted by Crippen LogP contribution is 2.19. The second-order valence-corrected chi connectivity index (χ2v) is 5.87. The zero-order valence-corrected chi connectivity index (χ0v) is 15.1. The molecule has 0 aliphatic heterocycles. The van der Waals surface area contributed by atoms with Crippen molar-refractivity contribution in [3.63, 3.8) is 0 Å². The molecule has 4 nitrogen and oxygen atoms in total. The fourth-order valence-corrected chi connectivity index (χ4v) is 2.25. The lowest BCUT2D eigenvalue weighted by molar-refractivity contribution is -0.122. The quantitative estimate of drug-likeness (QED) is 0.839. The molecule has 0 spiro atoms. The van der Waals surface area contributed by atoms with Gasteiger partial charge in [-0.15, -0.1) is 12.4 Å². The molecule has 1 unspecified atom stereocenters. The van der Waals surface area contributed by atoms with Crippen molar-refractivity contribution in [3.05, 3.63) is 65.2 Å². The summed E-state index contributed by atoms with van der Waals surface area (Å²) >= 11 is 0. The van der Waals surface area contributed by atoms with Gasteiger partial charge in [-0.2, -0.15) is 0 Å². The fourth-order valence-electron chi connectivity index (χ4n) is 2.25. The number of carbonyl (C=O) groups excluding carboxylic acids is 1. The first-order chi connectivity index (χ1) is 11.0. The predicted molar refractivity (Wildman–Crippen MR) is 99.4 cm³/mol. The molecule has 130 valence electrons. The molecule has 2 aromatic rings. The van der Waals surface area contributed by atoms with Crippen LogP contribution in [-0.4, -0.2) is 11.9 Å². The van der Waals surface area contributed by atoms with E-state index < -0.39 is 6.04 Å². The number of nitrogens with one attached hydrogen (secondary N) is 1. The van der Waals surface area contributed by atoms with Crippen LogP contribution >= 0.6 is 12.4 Å². The van der Waals surface area contributed by atoms with E-state index in [1.54, 1.807) is 6.92 Å². The highest BCUT2D eigenvalue weighted by atomic mass is 35.5. The molecule has 0 saturated heterocycles. The molecule has 0 saturated carbocycles. The minimum absolute atomic E-state index is 0. The summed E-state index contributed by atoms with van der Waals surface area (Å²) in [6, 6.07) is 15.4. The Hall–Kier alpha value is -2.04. The van der Waals surface area contributed by atoms with Gasteiger partial charge in [0.1, 0.15) is 12.4 Å². The Morgan fingerprint density at radius 2 is 1.83 bits per heavy atom. The predicted octanol–water partition coefficient (Wildman–Crippen LogP) is 3.52. The number of hydrogen-bond donors (Lipinski definition) is 2. The highest BCUT2D eigenvalue weighted by molar-refractivity contribution is 5.85. The lowest BCUT2D eigenvalue weighted by Gasteiger charge is -2.16. The Kier molecular flexibility index (Phi) is 7.75. The van der Waals surface area contributed by atoms with Crippen LogP contribution in [0.25, 0.3) is 0 Å². The maximum Gasteiger partial charge on any atom is 0.237 e. The van der Waals surface area contributed by atoms with E-state index in [1.165, 1.54) is 5.56 Å². The van der Waals surface area contributed by atoms with Gasteiger partial charge in [0.05, 0.1) is 12.1 Å². The first kappa shape index (κ1) is 20.0. The first-order valence-corrected chi connectivity index (χ1v) is 7.80. The van der Waals surface area contributed by atoms with E-state index in [0.717, 1.165) is 16.9 Å². The maximum absolute atomic E-state index is 11.6. The van der Waals surface area contributed by atoms with Gasteiger partial charge in [0, 0.05) is 0 Å². The molecule has 0 bridgehead atoms. The first-order valence-electron chi connectivity index (χ1n) is 7.80. The van der Waals surface area contributed by atoms with Crippen LogP contribution in [0.5, 0.6) is 5.75 Å². The van der Waals surface area contributed by atoms with Crippen molar-refractivity contribution in [3.8, 4) is 5.75 Å². The lowest BCUT2D eigenvalue weighted by Crippen LogP contribution is -2.39. The van der Waals surface area contributed by atoms with Crippen LogP contribution in [-0.2, 0) is 11.4 Å². The number of nitrogens with two attached hydrogens (primary N) is 1. The minimum Gasteiger partial charge on any atom is -0.489 e. The molecule has 0 aromatic heterocycles. The monoisotopic (exact) mass is 348 g/mol. The Bertz CT molecular complexity index is 657. The molecule has 2 atom stereocenters. The van der Waals surface area contributed by atoms with Gasteiger partial charge in [0.25, 0.3) is 0 Å². The van der Waals surface area contributed by atoms with Crippen molar-refractivity contribution in [1.82, 2.24) is 5.32 Å². The molecule has 0 fully saturated rings. The molecule has 5 heteroatoms. The summed E-state index contributed by atoms with van der Waals surface area (Å²) in [7, 11) is 0. The third-order valence-corrected chi connectivity index (χ3v) is 3.64. The van der Waals surface area contributed by atoms with Crippen LogP contribution in [0.1, 0.15) is 36.6 Å². The van der Waals surface area contributed by atoms with Gasteiger partial charge < -0.3 is 15.8 Å². The van der Waals surface area contributed by atoms with E-state index in [-0.39, 0.29) is 24.4 Å². The second-order valence-electron chi connectivity index (χ2n) is 5.87. The average molecular weight is 349 g/mol. The number of ether oxygens (including phenoxy) is 1. The Labute approximate surface area is 149 Å². The fraction of sp³-hybridized carbons (Fsp3) is 0.316. The average Bonchev–Trinajstić information content (AvgIpc) is 2.53. The van der Waals surface area contributed by atoms with Crippen molar-refractivity contribution in [2.45, 2.75) is 39.5 Å². The van der Waals surface area contributed by atoms with Gasteiger partial charge in [0.2, 0.25) is 5.91 Å². The number of amides is 1. The summed E-state index contributed by atoms with van der Waals surface area (Å²) in [6.07, 6.45) is 0. The van der Waals surface area contributed by atoms with Crippen molar-refractivity contribution >= 4 is 18.3 Å². The minimum atomic E-state index is -0.505. The molecule has 2 rings (SSSR count). The molecule has 24 heavy (non-hydrogen) atoms. The number of carbonyl (C=O) groups is 1. The molecule has 1 amide bonds. The SMILES string of the molecule is Cc1cccc(COc2ccc(C(C)NC(=O)[C@@H](C)N)cc2)c1.Cl. The highest BCUT2D eigenvalue weighted by Gasteiger charge is 2.12. The van der Waals surface area contributed by atoms with Crippen LogP contribution in [0.15, 0.2) is 48.5 Å². The molecule has 0 aliphatic rings. The molecule has 2 aromatic carbocycles. The van der Waals surface area contributed by atoms with Crippen LogP contribution in [0.2, 0.25) is 0 Å². The van der Waals surface area contributed by atoms with Crippen molar-refractivity contribution in [2.24, 2.45) is 5.73 Å². The summed E-state index contributed by atoms with van der Waals surface area (Å²) in [6.45, 7) is 6.21. The van der Waals surface area contributed by atoms with E-state index in [2.05, 4.69) is 24.4 Å². The van der Waals surface area contributed by atoms with Gasteiger partial charge in [0.15, 0.2) is 0 Å². The van der Waals surface area contributed by atoms with Crippen LogP contribution in [0, 0.1) is 6.92 Å². The Balaban J connectivity index is 0.00000288. The molecule has 0 aliphatic carbocycles. The van der Waals surface area contributed by atoms with E-state index >= 15 is 0 Å². The van der Waals surface area contributed by atoms with E-state index in [1.807, 2.05) is 43.3 Å². The van der Waals surface area contributed by atoms with Gasteiger partial charge in [-0.25, -0.2) is 0 Å². The van der Waals surface area contributed by atoms with Gasteiger partial charge in [-0.05, 0) is 44.0 Å². The number of rotatable bonds is 6. The summed E-state index contributed by atoms with van der Waals surface area (Å²) in [5, 5.41) is 2.87. The van der Waals surface area contributed by atoms with E-state index in [4.69, 9.17) is 10.5 Å². The van der Waals surface area contributed by atoms with Gasteiger partial charge in [-0.3, -0.25) is 4.79 Å². The second kappa shape index (κ2) is 9.30. The topological polar surface area (TPSA) is 64.3 Å². The molecule has 0 radical (unpaired) electrons. The third-order valence-electron chi connectivity index (χ3n) is 3.64. The number of benzene rings is 2. The number of halogens is 1. The van der Waals surface area contributed by atoms with E-state index in [0.29, 0.717) is 6.61 Å². The van der Waals surface area contributed by atoms with Crippen LogP contribution in [0.3, 0.4) is 0 Å². The Morgan fingerprint density at radius 1 is 1.17 bits per heavy atom. The van der Waals surface area contributed by atoms with Crippen molar-refractivity contribution in [1.29, 1.82) is 0 Å². The van der Waals surface area contributed by atoms with Gasteiger partial charge in [-0.1, -0.05) is 42.0 Å². The molecular formula is C19H25ClN2O2. The smallest absolute Gasteiger partial charge is 0.237 e. The Morgan fingerprint density at radius 3 is 2.42 bits per heavy atom. The van der Waals surface area contributed by atoms with Crippen LogP contribution < -0.4 is 15.8 Å². The normalized spacial score (nSPS) is 12.7. The van der Waals surface area contributed by atoms with Crippen molar-refractivity contribution < 1.29 is 9.53 Å². The number of aryl methyl sites for hydroxylation is 1. The maximum atomic E-state index is 11.6. The molecular weight excluding hydrogens is 324 g/mol. The summed E-state index contributed by atoms with van der Waals surface area (Å²) < 4.78 is 5.79. The van der Waals surface area contributed by atoms with E-state index in [9.17, 15) is 4.79 Å². The number of hydrogen-bond acceptors (Lipinski definition) is 3. The molecule has 3 N–H and O–H groups in total. The summed E-state index contributed by atoms with van der Waals surface area (Å²) in [5.41, 5.74) is 8.94.